The molecule has 0 saturated carbocycles. The van der Waals surface area contributed by atoms with Crippen LogP contribution in [0.2, 0.25) is 0 Å². The van der Waals surface area contributed by atoms with Gasteiger partial charge < -0.3 is 4.74 Å². The molecule has 110 valence electrons. The lowest BCUT2D eigenvalue weighted by Gasteiger charge is -2.19. The first-order chi connectivity index (χ1) is 10.8. The van der Waals surface area contributed by atoms with Crippen molar-refractivity contribution >= 4 is 15.4 Å². The number of benzene rings is 3. The van der Waals surface area contributed by atoms with Crippen LogP contribution in [-0.2, 0) is 0 Å². The molecular formula is C20H20OSi. The van der Waals surface area contributed by atoms with E-state index in [1.807, 2.05) is 6.07 Å². The van der Waals surface area contributed by atoms with Crippen LogP contribution in [0.25, 0.3) is 0 Å². The van der Waals surface area contributed by atoms with E-state index in [9.17, 15) is 0 Å². The summed E-state index contributed by atoms with van der Waals surface area (Å²) in [5.74, 6) is 1.27. The molecule has 0 amide bonds. The van der Waals surface area contributed by atoms with Crippen molar-refractivity contribution < 1.29 is 4.74 Å². The van der Waals surface area contributed by atoms with Crippen LogP contribution in [0.15, 0.2) is 84.9 Å². The fourth-order valence-corrected chi connectivity index (χ4v) is 3.15. The normalized spacial score (nSPS) is 10.8. The Morgan fingerprint density at radius 2 is 1.18 bits per heavy atom. The lowest BCUT2D eigenvalue weighted by molar-refractivity contribution is 0.305. The Morgan fingerprint density at radius 1 is 0.682 bits per heavy atom. The first-order valence-corrected chi connectivity index (χ1v) is 8.63. The van der Waals surface area contributed by atoms with E-state index in [0.29, 0.717) is 6.61 Å². The molecule has 0 bridgehead atoms. The molecule has 0 heterocycles. The summed E-state index contributed by atoms with van der Waals surface area (Å²) in [6, 6.07) is 29.5. The van der Waals surface area contributed by atoms with E-state index in [0.717, 1.165) is 16.0 Å². The Labute approximate surface area is 135 Å². The van der Waals surface area contributed by atoms with Gasteiger partial charge in [-0.25, -0.2) is 0 Å². The van der Waals surface area contributed by atoms with E-state index < -0.39 is 0 Å². The Hall–Kier alpha value is -2.32. The molecule has 0 aliphatic heterocycles. The summed E-state index contributed by atoms with van der Waals surface area (Å²) in [6.07, 6.45) is 0. The van der Waals surface area contributed by atoms with Gasteiger partial charge in [-0.2, -0.15) is 0 Å². The summed E-state index contributed by atoms with van der Waals surface area (Å²) < 4.78 is 6.14. The summed E-state index contributed by atoms with van der Waals surface area (Å²) in [5.41, 5.74) is 2.58. The second-order valence-corrected chi connectivity index (χ2v) is 6.53. The molecule has 22 heavy (non-hydrogen) atoms. The summed E-state index contributed by atoms with van der Waals surface area (Å²) in [5, 5.41) is 1.31. The van der Waals surface area contributed by atoms with Gasteiger partial charge in [0.15, 0.2) is 0 Å². The molecule has 0 atom stereocenters. The van der Waals surface area contributed by atoms with Crippen LogP contribution in [0, 0.1) is 0 Å². The summed E-state index contributed by atoms with van der Waals surface area (Å²) in [6.45, 7) is 0.660. The van der Waals surface area contributed by atoms with Crippen LogP contribution in [0.4, 0.5) is 0 Å². The molecule has 0 aromatic heterocycles. The Morgan fingerprint density at radius 3 is 1.73 bits per heavy atom. The van der Waals surface area contributed by atoms with Crippen LogP contribution in [0.5, 0.6) is 5.75 Å². The van der Waals surface area contributed by atoms with E-state index in [4.69, 9.17) is 4.74 Å². The SMILES string of the molecule is [SiH3]c1ccccc1OCC(c1ccccc1)c1ccccc1. The fourth-order valence-electron chi connectivity index (χ4n) is 2.65. The van der Waals surface area contributed by atoms with Crippen LogP contribution in [0.1, 0.15) is 17.0 Å². The molecule has 0 saturated heterocycles. The number of hydrogen-bond donors (Lipinski definition) is 0. The Balaban J connectivity index is 1.85. The molecule has 0 spiro atoms. The van der Waals surface area contributed by atoms with Crippen LogP contribution < -0.4 is 9.92 Å². The van der Waals surface area contributed by atoms with Crippen molar-refractivity contribution in [2.45, 2.75) is 5.92 Å². The number of hydrogen-bond acceptors (Lipinski definition) is 1. The molecule has 3 rings (SSSR count). The average molecular weight is 304 g/mol. The standard InChI is InChI=1S/C20H20OSi/c22-20-14-8-7-13-19(20)21-15-18(16-9-3-1-4-10-16)17-11-5-2-6-12-17/h1-14,18H,15H2,22H3. The van der Waals surface area contributed by atoms with Crippen LogP contribution in [0.3, 0.4) is 0 Å². The zero-order valence-electron chi connectivity index (χ0n) is 12.8. The number of para-hydroxylation sites is 1. The predicted octanol–water partition coefficient (Wildman–Crippen LogP) is 2.89. The molecule has 3 aromatic rings. The van der Waals surface area contributed by atoms with E-state index >= 15 is 0 Å². The highest BCUT2D eigenvalue weighted by Crippen LogP contribution is 2.25. The molecule has 0 aliphatic carbocycles. The third-order valence-electron chi connectivity index (χ3n) is 3.90. The maximum atomic E-state index is 6.14. The molecule has 0 aliphatic rings. The quantitative estimate of drug-likeness (QED) is 0.659. The van der Waals surface area contributed by atoms with Crippen molar-refractivity contribution in [2.24, 2.45) is 0 Å². The first kappa shape index (κ1) is 14.6. The van der Waals surface area contributed by atoms with Crippen molar-refractivity contribution in [1.29, 1.82) is 0 Å². The summed E-state index contributed by atoms with van der Waals surface area (Å²) in [7, 11) is 1.00. The zero-order valence-corrected chi connectivity index (χ0v) is 14.8. The van der Waals surface area contributed by atoms with E-state index in [2.05, 4.69) is 78.9 Å². The highest BCUT2D eigenvalue weighted by atomic mass is 28.1. The number of ether oxygens (including phenoxy) is 1. The molecule has 0 N–H and O–H groups in total. The zero-order chi connectivity index (χ0) is 15.2. The first-order valence-electron chi connectivity index (χ1n) is 7.63. The van der Waals surface area contributed by atoms with Gasteiger partial charge in [-0.1, -0.05) is 78.9 Å². The second kappa shape index (κ2) is 7.10. The third-order valence-corrected chi connectivity index (χ3v) is 4.73. The van der Waals surface area contributed by atoms with Crippen molar-refractivity contribution in [1.82, 2.24) is 0 Å². The minimum absolute atomic E-state index is 0.253. The monoisotopic (exact) mass is 304 g/mol. The molecule has 0 fully saturated rings. The fraction of sp³-hybridized carbons (Fsp3) is 0.100. The molecular weight excluding hydrogens is 284 g/mol. The van der Waals surface area contributed by atoms with Gasteiger partial charge in [-0.3, -0.25) is 0 Å². The molecule has 0 radical (unpaired) electrons. The van der Waals surface area contributed by atoms with Gasteiger partial charge in [0.1, 0.15) is 5.75 Å². The highest BCUT2D eigenvalue weighted by molar-refractivity contribution is 6.34. The van der Waals surface area contributed by atoms with Crippen LogP contribution in [-0.4, -0.2) is 16.8 Å². The van der Waals surface area contributed by atoms with E-state index in [1.165, 1.54) is 16.3 Å². The average Bonchev–Trinajstić information content (AvgIpc) is 2.59. The second-order valence-electron chi connectivity index (χ2n) is 5.45. The number of rotatable bonds is 5. The van der Waals surface area contributed by atoms with Crippen LogP contribution >= 0.6 is 0 Å². The Bertz CT molecular complexity index is 671. The van der Waals surface area contributed by atoms with Gasteiger partial charge in [0.05, 0.1) is 6.61 Å². The summed E-state index contributed by atoms with van der Waals surface area (Å²) in [4.78, 5) is 0. The molecule has 0 unspecified atom stereocenters. The minimum atomic E-state index is 0.253. The molecule has 3 aromatic carbocycles. The van der Waals surface area contributed by atoms with Gasteiger partial charge in [0, 0.05) is 16.2 Å². The molecule has 1 nitrogen and oxygen atoms in total. The topological polar surface area (TPSA) is 9.23 Å². The minimum Gasteiger partial charge on any atom is -0.493 e. The Kier molecular flexibility index (Phi) is 4.71. The van der Waals surface area contributed by atoms with Gasteiger partial charge in [-0.15, -0.1) is 0 Å². The lowest BCUT2D eigenvalue weighted by atomic mass is 9.92. The third kappa shape index (κ3) is 3.46. The van der Waals surface area contributed by atoms with Gasteiger partial charge in [0.2, 0.25) is 0 Å². The van der Waals surface area contributed by atoms with Gasteiger partial charge >= 0.3 is 0 Å². The smallest absolute Gasteiger partial charge is 0.117 e. The maximum absolute atomic E-state index is 6.14. The largest absolute Gasteiger partial charge is 0.493 e. The maximum Gasteiger partial charge on any atom is 0.117 e. The summed E-state index contributed by atoms with van der Waals surface area (Å²) >= 11 is 0. The van der Waals surface area contributed by atoms with Crippen molar-refractivity contribution in [3.05, 3.63) is 96.1 Å². The molecule has 2 heteroatoms. The van der Waals surface area contributed by atoms with Crippen molar-refractivity contribution in [3.63, 3.8) is 0 Å². The highest BCUT2D eigenvalue weighted by Gasteiger charge is 2.15. The van der Waals surface area contributed by atoms with Gasteiger partial charge in [-0.05, 0) is 22.4 Å². The lowest BCUT2D eigenvalue weighted by Crippen LogP contribution is -2.16. The van der Waals surface area contributed by atoms with E-state index in [1.54, 1.807) is 0 Å². The van der Waals surface area contributed by atoms with Crippen molar-refractivity contribution in [3.8, 4) is 5.75 Å². The van der Waals surface area contributed by atoms with Crippen molar-refractivity contribution in [2.75, 3.05) is 6.61 Å². The predicted molar refractivity (Wildman–Crippen MR) is 96.2 cm³/mol. The van der Waals surface area contributed by atoms with Gasteiger partial charge in [0.25, 0.3) is 0 Å². The van der Waals surface area contributed by atoms with E-state index in [-0.39, 0.29) is 5.92 Å².